The topological polar surface area (TPSA) is 93.5 Å². The minimum Gasteiger partial charge on any atom is -0.445 e. The molecule has 1 heterocycles. The lowest BCUT2D eigenvalue weighted by molar-refractivity contribution is -0.117. The number of amides is 2. The molecule has 1 atom stereocenters. The van der Waals surface area contributed by atoms with E-state index in [0.717, 1.165) is 11.1 Å². The second-order valence-electron chi connectivity index (χ2n) is 5.07. The van der Waals surface area contributed by atoms with Gasteiger partial charge < -0.3 is 21.1 Å². The number of carbonyl (C=O) groups excluding carboxylic acids is 2. The molecule has 0 aliphatic rings. The van der Waals surface area contributed by atoms with Gasteiger partial charge in [0.2, 0.25) is 5.91 Å². The summed E-state index contributed by atoms with van der Waals surface area (Å²) in [4.78, 5) is 23.7. The maximum Gasteiger partial charge on any atom is 0.408 e. The summed E-state index contributed by atoms with van der Waals surface area (Å²) >= 11 is 1.29. The standard InChI is InChI=1S/C16H19N3O3S/c1-10-8-13(23-14(10)17)19-15(20)11(2)18-16(21)22-9-12-6-4-3-5-7-12/h3-8,11H,9,17H2,1-2H3,(H,18,21)(H,19,20)/t11-/m0/s1. The summed E-state index contributed by atoms with van der Waals surface area (Å²) in [6.45, 7) is 3.61. The van der Waals surface area contributed by atoms with Crippen LogP contribution in [0, 0.1) is 6.92 Å². The van der Waals surface area contributed by atoms with Gasteiger partial charge in [-0.3, -0.25) is 4.79 Å². The molecule has 1 aromatic heterocycles. The highest BCUT2D eigenvalue weighted by molar-refractivity contribution is 7.20. The third-order valence-corrected chi connectivity index (χ3v) is 4.12. The number of hydrogen-bond acceptors (Lipinski definition) is 5. The fourth-order valence-corrected chi connectivity index (χ4v) is 2.64. The molecule has 4 N–H and O–H groups in total. The quantitative estimate of drug-likeness (QED) is 0.784. The van der Waals surface area contributed by atoms with Crippen molar-refractivity contribution >= 4 is 33.3 Å². The zero-order valence-corrected chi connectivity index (χ0v) is 13.8. The van der Waals surface area contributed by atoms with Crippen LogP contribution in [0.2, 0.25) is 0 Å². The van der Waals surface area contributed by atoms with Crippen LogP contribution in [-0.4, -0.2) is 18.0 Å². The van der Waals surface area contributed by atoms with Crippen molar-refractivity contribution in [1.82, 2.24) is 5.32 Å². The van der Waals surface area contributed by atoms with Crippen LogP contribution >= 0.6 is 11.3 Å². The summed E-state index contributed by atoms with van der Waals surface area (Å²) in [7, 11) is 0. The van der Waals surface area contributed by atoms with Crippen molar-refractivity contribution in [3.05, 3.63) is 47.5 Å². The molecule has 0 saturated heterocycles. The van der Waals surface area contributed by atoms with Gasteiger partial charge in [0.05, 0.1) is 10.0 Å². The Kier molecular flexibility index (Phi) is 5.59. The van der Waals surface area contributed by atoms with Gasteiger partial charge in [0, 0.05) is 0 Å². The van der Waals surface area contributed by atoms with Crippen LogP contribution in [0.15, 0.2) is 36.4 Å². The summed E-state index contributed by atoms with van der Waals surface area (Å²) in [6.07, 6.45) is -0.640. The zero-order chi connectivity index (χ0) is 16.8. The van der Waals surface area contributed by atoms with Gasteiger partial charge in [-0.05, 0) is 31.0 Å². The summed E-state index contributed by atoms with van der Waals surface area (Å²) in [5.41, 5.74) is 7.53. The van der Waals surface area contributed by atoms with E-state index in [4.69, 9.17) is 10.5 Å². The lowest BCUT2D eigenvalue weighted by Crippen LogP contribution is -2.41. The molecule has 23 heavy (non-hydrogen) atoms. The first kappa shape index (κ1) is 16.8. The summed E-state index contributed by atoms with van der Waals surface area (Å²) in [5, 5.41) is 6.51. The number of nitrogens with one attached hydrogen (secondary N) is 2. The molecular formula is C16H19N3O3S. The Morgan fingerprint density at radius 2 is 2.00 bits per heavy atom. The van der Waals surface area contributed by atoms with Crippen LogP contribution < -0.4 is 16.4 Å². The van der Waals surface area contributed by atoms with E-state index in [9.17, 15) is 9.59 Å². The molecule has 7 heteroatoms. The summed E-state index contributed by atoms with van der Waals surface area (Å²) < 4.78 is 5.07. The normalized spacial score (nSPS) is 11.6. The number of benzene rings is 1. The maximum absolute atomic E-state index is 12.0. The summed E-state index contributed by atoms with van der Waals surface area (Å²) in [6, 6.07) is 10.4. The number of nitrogens with two attached hydrogens (primary N) is 1. The largest absolute Gasteiger partial charge is 0.445 e. The van der Waals surface area contributed by atoms with Crippen LogP contribution in [0.25, 0.3) is 0 Å². The number of ether oxygens (including phenoxy) is 1. The molecule has 0 aliphatic heterocycles. The van der Waals surface area contributed by atoms with Crippen molar-refractivity contribution in [2.75, 3.05) is 11.1 Å². The SMILES string of the molecule is Cc1cc(NC(=O)[C@H](C)NC(=O)OCc2ccccc2)sc1N. The van der Waals surface area contributed by atoms with Crippen molar-refractivity contribution in [1.29, 1.82) is 0 Å². The second kappa shape index (κ2) is 7.64. The van der Waals surface area contributed by atoms with Crippen LogP contribution in [0.1, 0.15) is 18.1 Å². The molecule has 0 radical (unpaired) electrons. The van der Waals surface area contributed by atoms with Crippen molar-refractivity contribution < 1.29 is 14.3 Å². The van der Waals surface area contributed by atoms with E-state index in [0.29, 0.717) is 10.0 Å². The number of alkyl carbamates (subject to hydrolysis) is 1. The number of carbonyl (C=O) groups is 2. The molecular weight excluding hydrogens is 314 g/mol. The van der Waals surface area contributed by atoms with Gasteiger partial charge in [-0.15, -0.1) is 11.3 Å². The Morgan fingerprint density at radius 3 is 2.61 bits per heavy atom. The number of hydrogen-bond donors (Lipinski definition) is 3. The van der Waals surface area contributed by atoms with Crippen LogP contribution in [-0.2, 0) is 16.1 Å². The number of aryl methyl sites for hydroxylation is 1. The highest BCUT2D eigenvalue weighted by Gasteiger charge is 2.17. The third kappa shape index (κ3) is 5.00. The molecule has 0 aliphatic carbocycles. The predicted octanol–water partition coefficient (Wildman–Crippen LogP) is 2.89. The second-order valence-corrected chi connectivity index (χ2v) is 6.16. The molecule has 0 unspecified atom stereocenters. The van der Waals surface area contributed by atoms with Crippen LogP contribution in [0.5, 0.6) is 0 Å². The average molecular weight is 333 g/mol. The first-order valence-electron chi connectivity index (χ1n) is 7.09. The number of rotatable bonds is 5. The molecule has 122 valence electrons. The molecule has 0 spiro atoms. The van der Waals surface area contributed by atoms with E-state index in [1.807, 2.05) is 37.3 Å². The van der Waals surface area contributed by atoms with E-state index >= 15 is 0 Å². The van der Waals surface area contributed by atoms with Crippen molar-refractivity contribution in [2.24, 2.45) is 0 Å². The van der Waals surface area contributed by atoms with Gasteiger partial charge in [0.25, 0.3) is 0 Å². The Bertz CT molecular complexity index is 666. The van der Waals surface area contributed by atoms with E-state index in [1.54, 1.807) is 13.0 Å². The minimum absolute atomic E-state index is 0.154. The molecule has 0 saturated carbocycles. The lowest BCUT2D eigenvalue weighted by Gasteiger charge is -2.13. The molecule has 0 fully saturated rings. The van der Waals surface area contributed by atoms with E-state index in [1.165, 1.54) is 11.3 Å². The molecule has 0 bridgehead atoms. The van der Waals surface area contributed by atoms with Gasteiger partial charge in [0.15, 0.2) is 0 Å². The monoisotopic (exact) mass is 333 g/mol. The predicted molar refractivity (Wildman–Crippen MR) is 91.3 cm³/mol. The average Bonchev–Trinajstić information content (AvgIpc) is 2.84. The smallest absolute Gasteiger partial charge is 0.408 e. The Labute approximate surface area is 138 Å². The Hall–Kier alpha value is -2.54. The molecule has 6 nitrogen and oxygen atoms in total. The highest BCUT2D eigenvalue weighted by Crippen LogP contribution is 2.28. The van der Waals surface area contributed by atoms with E-state index in [2.05, 4.69) is 10.6 Å². The van der Waals surface area contributed by atoms with Gasteiger partial charge >= 0.3 is 6.09 Å². The minimum atomic E-state index is -0.720. The van der Waals surface area contributed by atoms with Crippen molar-refractivity contribution in [3.8, 4) is 0 Å². The third-order valence-electron chi connectivity index (χ3n) is 3.14. The number of thiophene rings is 1. The van der Waals surface area contributed by atoms with E-state index < -0.39 is 12.1 Å². The van der Waals surface area contributed by atoms with Gasteiger partial charge in [-0.25, -0.2) is 4.79 Å². The molecule has 2 aromatic rings. The molecule has 2 amide bonds. The van der Waals surface area contributed by atoms with Gasteiger partial charge in [-0.2, -0.15) is 0 Å². The molecule has 2 rings (SSSR count). The van der Waals surface area contributed by atoms with Crippen molar-refractivity contribution in [3.63, 3.8) is 0 Å². The Balaban J connectivity index is 1.79. The first-order chi connectivity index (χ1) is 11.0. The summed E-state index contributed by atoms with van der Waals surface area (Å²) in [5.74, 6) is -0.331. The number of nitrogen functional groups attached to an aromatic ring is 1. The lowest BCUT2D eigenvalue weighted by atomic mass is 10.2. The number of anilines is 2. The maximum atomic E-state index is 12.0. The first-order valence-corrected chi connectivity index (χ1v) is 7.91. The Morgan fingerprint density at radius 1 is 1.30 bits per heavy atom. The van der Waals surface area contributed by atoms with Crippen molar-refractivity contribution in [2.45, 2.75) is 26.5 Å². The van der Waals surface area contributed by atoms with E-state index in [-0.39, 0.29) is 12.5 Å². The van der Waals surface area contributed by atoms with Gasteiger partial charge in [-0.1, -0.05) is 30.3 Å². The molecule has 1 aromatic carbocycles. The van der Waals surface area contributed by atoms with Crippen LogP contribution in [0.3, 0.4) is 0 Å². The van der Waals surface area contributed by atoms with Crippen LogP contribution in [0.4, 0.5) is 14.8 Å². The highest BCUT2D eigenvalue weighted by atomic mass is 32.1. The zero-order valence-electron chi connectivity index (χ0n) is 13.0. The fourth-order valence-electron chi connectivity index (χ4n) is 1.79. The fraction of sp³-hybridized carbons (Fsp3) is 0.250. The van der Waals surface area contributed by atoms with Gasteiger partial charge in [0.1, 0.15) is 12.6 Å².